The summed E-state index contributed by atoms with van der Waals surface area (Å²) in [7, 11) is 2.96. The van der Waals surface area contributed by atoms with Crippen LogP contribution in [0.4, 0.5) is 0 Å². The van der Waals surface area contributed by atoms with Crippen LogP contribution in [0.5, 0.6) is 17.2 Å². The van der Waals surface area contributed by atoms with E-state index >= 15 is 0 Å². The summed E-state index contributed by atoms with van der Waals surface area (Å²) in [5.74, 6) is -1.21. The maximum Gasteiger partial charge on any atom is 0.308 e. The summed E-state index contributed by atoms with van der Waals surface area (Å²) in [6.45, 7) is 7.74. The molecule has 1 atom stereocenters. The molecule has 3 rings (SSSR count). The number of rotatable bonds is 10. The first kappa shape index (κ1) is 26.7. The Bertz CT molecular complexity index is 1170. The molecule has 0 aromatic heterocycles. The molecule has 0 saturated carbocycles. The van der Waals surface area contributed by atoms with E-state index in [0.29, 0.717) is 29.2 Å². The Morgan fingerprint density at radius 1 is 1.03 bits per heavy atom. The van der Waals surface area contributed by atoms with E-state index < -0.39 is 23.7 Å². The van der Waals surface area contributed by atoms with Crippen molar-refractivity contribution in [1.29, 1.82) is 0 Å². The van der Waals surface area contributed by atoms with E-state index in [-0.39, 0.29) is 23.6 Å². The largest absolute Gasteiger partial charge is 0.507 e. The van der Waals surface area contributed by atoms with Crippen LogP contribution >= 0.6 is 0 Å². The van der Waals surface area contributed by atoms with Gasteiger partial charge in [-0.2, -0.15) is 0 Å². The summed E-state index contributed by atoms with van der Waals surface area (Å²) in [5, 5.41) is 11.3. The van der Waals surface area contributed by atoms with Crippen molar-refractivity contribution in [2.45, 2.75) is 26.8 Å². The quantitative estimate of drug-likeness (QED) is 0.175. The monoisotopic (exact) mass is 496 g/mol. The van der Waals surface area contributed by atoms with Crippen LogP contribution in [0.25, 0.3) is 5.76 Å². The van der Waals surface area contributed by atoms with E-state index in [1.165, 1.54) is 26.0 Å². The zero-order chi connectivity index (χ0) is 26.4. The van der Waals surface area contributed by atoms with E-state index in [2.05, 4.69) is 4.90 Å². The fourth-order valence-electron chi connectivity index (χ4n) is 4.30. The van der Waals surface area contributed by atoms with Gasteiger partial charge in [-0.3, -0.25) is 14.4 Å². The van der Waals surface area contributed by atoms with Gasteiger partial charge in [0.2, 0.25) is 0 Å². The van der Waals surface area contributed by atoms with Crippen molar-refractivity contribution in [3.8, 4) is 17.2 Å². The molecule has 9 heteroatoms. The predicted molar refractivity (Wildman–Crippen MR) is 134 cm³/mol. The zero-order valence-corrected chi connectivity index (χ0v) is 21.2. The molecule has 1 unspecified atom stereocenters. The number of hydrogen-bond acceptors (Lipinski definition) is 8. The van der Waals surface area contributed by atoms with E-state index in [0.717, 1.165) is 13.1 Å². The smallest absolute Gasteiger partial charge is 0.308 e. The van der Waals surface area contributed by atoms with Gasteiger partial charge in [0.25, 0.3) is 11.7 Å². The summed E-state index contributed by atoms with van der Waals surface area (Å²) in [4.78, 5) is 41.6. The van der Waals surface area contributed by atoms with Gasteiger partial charge in [-0.05, 0) is 49.0 Å². The third-order valence-electron chi connectivity index (χ3n) is 6.18. The molecule has 1 aliphatic heterocycles. The summed E-state index contributed by atoms with van der Waals surface area (Å²) >= 11 is 0. The molecule has 0 radical (unpaired) electrons. The van der Waals surface area contributed by atoms with Gasteiger partial charge in [-0.25, -0.2) is 0 Å². The summed E-state index contributed by atoms with van der Waals surface area (Å²) in [6, 6.07) is 10.5. The molecular formula is C27H32N2O7. The maximum absolute atomic E-state index is 13.3. The van der Waals surface area contributed by atoms with Crippen molar-refractivity contribution >= 4 is 23.4 Å². The number of amides is 1. The molecule has 1 N–H and O–H groups in total. The number of benzene rings is 2. The molecule has 36 heavy (non-hydrogen) atoms. The second-order valence-electron chi connectivity index (χ2n) is 8.26. The lowest BCUT2D eigenvalue weighted by atomic mass is 9.95. The SMILES string of the molecule is CCN(CC)CCN1C(=O)C(=O)/C(=C(/O)c2ccc(OC)c(OC)c2)C1c1cccc(OC(C)=O)c1. The van der Waals surface area contributed by atoms with Crippen LogP contribution in [-0.4, -0.2) is 73.0 Å². The average Bonchev–Trinajstić information content (AvgIpc) is 3.13. The molecule has 1 saturated heterocycles. The number of aliphatic hydroxyl groups excluding tert-OH is 1. The second-order valence-corrected chi connectivity index (χ2v) is 8.26. The molecular weight excluding hydrogens is 464 g/mol. The van der Waals surface area contributed by atoms with Gasteiger partial charge in [-0.1, -0.05) is 26.0 Å². The number of methoxy groups -OCH3 is 2. The van der Waals surface area contributed by atoms with Gasteiger partial charge in [0.1, 0.15) is 11.5 Å². The summed E-state index contributed by atoms with van der Waals surface area (Å²) in [6.07, 6.45) is 0. The van der Waals surface area contributed by atoms with Gasteiger partial charge in [0.15, 0.2) is 11.5 Å². The number of ether oxygens (including phenoxy) is 3. The van der Waals surface area contributed by atoms with Gasteiger partial charge < -0.3 is 29.1 Å². The van der Waals surface area contributed by atoms with Crippen LogP contribution in [0.1, 0.15) is 37.9 Å². The lowest BCUT2D eigenvalue weighted by Gasteiger charge is -2.28. The first-order valence-corrected chi connectivity index (χ1v) is 11.8. The van der Waals surface area contributed by atoms with E-state index in [9.17, 15) is 19.5 Å². The standard InChI is InChI=1S/C27H32N2O7/c1-6-28(7-2)13-14-29-24(18-9-8-10-20(15-18)36-17(3)30)23(26(32)27(29)33)25(31)19-11-12-21(34-4)22(16-19)35-5/h8-12,15-16,24,31H,6-7,13-14H2,1-5H3/b25-23+. The van der Waals surface area contributed by atoms with Crippen molar-refractivity contribution in [2.24, 2.45) is 0 Å². The highest BCUT2D eigenvalue weighted by Crippen LogP contribution is 2.41. The number of likely N-dealkylation sites (tertiary alicyclic amines) is 1. The van der Waals surface area contributed by atoms with Gasteiger partial charge in [-0.15, -0.1) is 0 Å². The molecule has 9 nitrogen and oxygen atoms in total. The maximum atomic E-state index is 13.3. The normalized spacial score (nSPS) is 16.9. The number of esters is 1. The minimum Gasteiger partial charge on any atom is -0.507 e. The van der Waals surface area contributed by atoms with Crippen LogP contribution < -0.4 is 14.2 Å². The molecule has 0 aliphatic carbocycles. The highest BCUT2D eigenvalue weighted by Gasteiger charge is 2.46. The number of carbonyl (C=O) groups is 3. The minimum absolute atomic E-state index is 0.0493. The third-order valence-corrected chi connectivity index (χ3v) is 6.18. The topological polar surface area (TPSA) is 106 Å². The second kappa shape index (κ2) is 11.7. The number of ketones is 1. The third kappa shape index (κ3) is 5.52. The molecule has 1 fully saturated rings. The van der Waals surface area contributed by atoms with Crippen molar-refractivity contribution < 1.29 is 33.7 Å². The number of nitrogens with zero attached hydrogens (tertiary/aromatic N) is 2. The van der Waals surface area contributed by atoms with Gasteiger partial charge >= 0.3 is 5.97 Å². The fraction of sp³-hybridized carbons (Fsp3) is 0.370. The molecule has 1 amide bonds. The lowest BCUT2D eigenvalue weighted by molar-refractivity contribution is -0.140. The van der Waals surface area contributed by atoms with E-state index in [1.54, 1.807) is 42.5 Å². The highest BCUT2D eigenvalue weighted by molar-refractivity contribution is 6.46. The number of carbonyl (C=O) groups excluding carboxylic acids is 3. The summed E-state index contributed by atoms with van der Waals surface area (Å²) in [5.41, 5.74) is 0.789. The minimum atomic E-state index is -0.871. The Morgan fingerprint density at radius 2 is 1.72 bits per heavy atom. The zero-order valence-electron chi connectivity index (χ0n) is 21.2. The van der Waals surface area contributed by atoms with E-state index in [1.807, 2.05) is 13.8 Å². The van der Waals surface area contributed by atoms with Gasteiger partial charge in [0.05, 0.1) is 25.8 Å². The Morgan fingerprint density at radius 3 is 2.33 bits per heavy atom. The summed E-state index contributed by atoms with van der Waals surface area (Å²) < 4.78 is 15.8. The first-order chi connectivity index (χ1) is 17.2. The highest BCUT2D eigenvalue weighted by atomic mass is 16.5. The van der Waals surface area contributed by atoms with Crippen molar-refractivity contribution in [1.82, 2.24) is 9.80 Å². The Balaban J connectivity index is 2.15. The first-order valence-electron chi connectivity index (χ1n) is 11.8. The van der Waals surface area contributed by atoms with Crippen LogP contribution in [0.2, 0.25) is 0 Å². The molecule has 0 bridgehead atoms. The van der Waals surface area contributed by atoms with Crippen LogP contribution in [0.3, 0.4) is 0 Å². The number of Topliss-reactive ketones (excluding diaryl/α,β-unsaturated/α-hetero) is 1. The van der Waals surface area contributed by atoms with Crippen molar-refractivity contribution in [2.75, 3.05) is 40.4 Å². The Labute approximate surface area is 210 Å². The van der Waals surface area contributed by atoms with Crippen LogP contribution in [0.15, 0.2) is 48.0 Å². The fourth-order valence-corrected chi connectivity index (χ4v) is 4.30. The lowest BCUT2D eigenvalue weighted by Crippen LogP contribution is -2.38. The van der Waals surface area contributed by atoms with Crippen molar-refractivity contribution in [3.63, 3.8) is 0 Å². The number of hydrogen-bond donors (Lipinski definition) is 1. The Kier molecular flexibility index (Phi) is 8.71. The molecule has 0 spiro atoms. The molecule has 192 valence electrons. The number of likely N-dealkylation sites (N-methyl/N-ethyl adjacent to an activating group) is 1. The van der Waals surface area contributed by atoms with Crippen LogP contribution in [0, 0.1) is 0 Å². The molecule has 2 aromatic carbocycles. The predicted octanol–water partition coefficient (Wildman–Crippen LogP) is 3.39. The molecule has 1 aliphatic rings. The molecule has 2 aromatic rings. The molecule has 1 heterocycles. The van der Waals surface area contributed by atoms with Crippen molar-refractivity contribution in [3.05, 3.63) is 59.2 Å². The van der Waals surface area contributed by atoms with Gasteiger partial charge in [0, 0.05) is 25.6 Å². The Hall–Kier alpha value is -3.85. The van der Waals surface area contributed by atoms with E-state index in [4.69, 9.17) is 14.2 Å². The van der Waals surface area contributed by atoms with Crippen LogP contribution in [-0.2, 0) is 14.4 Å². The average molecular weight is 497 g/mol. The number of aliphatic hydroxyl groups is 1.